The van der Waals surface area contributed by atoms with Crippen LogP contribution in [-0.2, 0) is 9.59 Å². The molecule has 19 heavy (non-hydrogen) atoms. The predicted molar refractivity (Wildman–Crippen MR) is 70.1 cm³/mol. The van der Waals surface area contributed by atoms with E-state index in [4.69, 9.17) is 0 Å². The highest BCUT2D eigenvalue weighted by atomic mass is 19.1. The molecule has 4 nitrogen and oxygen atoms in total. The number of anilines is 1. The van der Waals surface area contributed by atoms with Gasteiger partial charge in [0.25, 0.3) is 0 Å². The third kappa shape index (κ3) is 2.99. The van der Waals surface area contributed by atoms with E-state index in [2.05, 4.69) is 11.9 Å². The fraction of sp³-hybridized carbons (Fsp3) is 0.286. The highest BCUT2D eigenvalue weighted by Gasteiger charge is 2.34. The van der Waals surface area contributed by atoms with Crippen molar-refractivity contribution in [2.75, 3.05) is 18.0 Å². The molecule has 1 aliphatic rings. The first-order valence-electron chi connectivity index (χ1n) is 6.06. The number of benzene rings is 1. The molecule has 5 heteroatoms. The van der Waals surface area contributed by atoms with E-state index in [1.165, 1.54) is 17.0 Å². The van der Waals surface area contributed by atoms with Gasteiger partial charge in [0.15, 0.2) is 0 Å². The molecule has 1 saturated heterocycles. The van der Waals surface area contributed by atoms with E-state index in [0.29, 0.717) is 12.2 Å². The lowest BCUT2D eigenvalue weighted by Gasteiger charge is -2.16. The number of carbonyl (C=O) groups is 2. The minimum atomic E-state index is -0.398. The van der Waals surface area contributed by atoms with E-state index >= 15 is 0 Å². The SMILES string of the molecule is C=CCNC(=O)C1CC(=O)N(c2cccc(F)c2)C1. The van der Waals surface area contributed by atoms with Crippen molar-refractivity contribution < 1.29 is 14.0 Å². The third-order valence-electron chi connectivity index (χ3n) is 3.04. The maximum absolute atomic E-state index is 13.1. The fourth-order valence-electron chi connectivity index (χ4n) is 2.09. The number of carbonyl (C=O) groups excluding carboxylic acids is 2. The Balaban J connectivity index is 2.07. The molecule has 1 atom stereocenters. The Hall–Kier alpha value is -2.17. The molecule has 0 bridgehead atoms. The lowest BCUT2D eigenvalue weighted by molar-refractivity contribution is -0.126. The van der Waals surface area contributed by atoms with E-state index in [1.54, 1.807) is 18.2 Å². The van der Waals surface area contributed by atoms with Gasteiger partial charge in [-0.25, -0.2) is 4.39 Å². The lowest BCUT2D eigenvalue weighted by Crippen LogP contribution is -2.33. The predicted octanol–water partition coefficient (Wildman–Crippen LogP) is 1.48. The smallest absolute Gasteiger partial charge is 0.227 e. The van der Waals surface area contributed by atoms with Gasteiger partial charge in [0, 0.05) is 25.2 Å². The maximum Gasteiger partial charge on any atom is 0.227 e. The Bertz CT molecular complexity index is 516. The topological polar surface area (TPSA) is 49.4 Å². The molecular formula is C14H15FN2O2. The molecule has 2 rings (SSSR count). The maximum atomic E-state index is 13.1. The summed E-state index contributed by atoms with van der Waals surface area (Å²) < 4.78 is 13.1. The van der Waals surface area contributed by atoms with Gasteiger partial charge in [-0.2, -0.15) is 0 Å². The summed E-state index contributed by atoms with van der Waals surface area (Å²) in [4.78, 5) is 25.1. The van der Waals surface area contributed by atoms with Crippen LogP contribution in [0.3, 0.4) is 0 Å². The summed E-state index contributed by atoms with van der Waals surface area (Å²) in [6.45, 7) is 4.17. The molecule has 1 unspecified atom stereocenters. The molecule has 2 amide bonds. The molecule has 0 radical (unpaired) electrons. The quantitative estimate of drug-likeness (QED) is 0.836. The molecule has 0 saturated carbocycles. The molecule has 1 aromatic carbocycles. The normalized spacial score (nSPS) is 18.5. The minimum Gasteiger partial charge on any atom is -0.352 e. The van der Waals surface area contributed by atoms with Gasteiger partial charge >= 0.3 is 0 Å². The Labute approximate surface area is 110 Å². The van der Waals surface area contributed by atoms with E-state index in [9.17, 15) is 14.0 Å². The Morgan fingerprint density at radius 3 is 3.05 bits per heavy atom. The van der Waals surface area contributed by atoms with Crippen molar-refractivity contribution in [2.45, 2.75) is 6.42 Å². The Morgan fingerprint density at radius 2 is 2.37 bits per heavy atom. The molecule has 1 aliphatic heterocycles. The van der Waals surface area contributed by atoms with Gasteiger partial charge in [-0.05, 0) is 18.2 Å². The van der Waals surface area contributed by atoms with Crippen molar-refractivity contribution in [3.8, 4) is 0 Å². The minimum absolute atomic E-state index is 0.152. The summed E-state index contributed by atoms with van der Waals surface area (Å²) in [6, 6.07) is 5.81. The van der Waals surface area contributed by atoms with Crippen LogP contribution in [0.2, 0.25) is 0 Å². The number of hydrogen-bond donors (Lipinski definition) is 1. The van der Waals surface area contributed by atoms with Gasteiger partial charge < -0.3 is 10.2 Å². The van der Waals surface area contributed by atoms with Gasteiger partial charge in [-0.15, -0.1) is 6.58 Å². The summed E-state index contributed by atoms with van der Waals surface area (Å²) in [6.07, 6.45) is 1.73. The number of rotatable bonds is 4. The van der Waals surface area contributed by atoms with Gasteiger partial charge in [-0.1, -0.05) is 12.1 Å². The highest BCUT2D eigenvalue weighted by molar-refractivity contribution is 6.00. The molecule has 1 aromatic rings. The molecule has 0 aliphatic carbocycles. The summed E-state index contributed by atoms with van der Waals surface area (Å²) in [7, 11) is 0. The van der Waals surface area contributed by atoms with E-state index in [0.717, 1.165) is 0 Å². The molecule has 100 valence electrons. The van der Waals surface area contributed by atoms with E-state index in [1.807, 2.05) is 0 Å². The first kappa shape index (κ1) is 13.3. The van der Waals surface area contributed by atoms with Crippen molar-refractivity contribution in [2.24, 2.45) is 5.92 Å². The number of nitrogens with one attached hydrogen (secondary N) is 1. The third-order valence-corrected chi connectivity index (χ3v) is 3.04. The van der Waals surface area contributed by atoms with Crippen LogP contribution in [0.1, 0.15) is 6.42 Å². The zero-order valence-corrected chi connectivity index (χ0v) is 10.4. The van der Waals surface area contributed by atoms with Crippen LogP contribution in [0.4, 0.5) is 10.1 Å². The molecule has 1 fully saturated rings. The van der Waals surface area contributed by atoms with E-state index < -0.39 is 11.7 Å². The Morgan fingerprint density at radius 1 is 1.58 bits per heavy atom. The monoisotopic (exact) mass is 262 g/mol. The average Bonchev–Trinajstić information content (AvgIpc) is 2.78. The first-order chi connectivity index (χ1) is 9.11. The van der Waals surface area contributed by atoms with Crippen LogP contribution in [0.5, 0.6) is 0 Å². The Kier molecular flexibility index (Phi) is 3.94. The average molecular weight is 262 g/mol. The van der Waals surface area contributed by atoms with Gasteiger partial charge in [-0.3, -0.25) is 9.59 Å². The molecular weight excluding hydrogens is 247 g/mol. The summed E-state index contributed by atoms with van der Waals surface area (Å²) >= 11 is 0. The molecule has 1 heterocycles. The van der Waals surface area contributed by atoms with Gasteiger partial charge in [0.05, 0.1) is 5.92 Å². The summed E-state index contributed by atoms with van der Waals surface area (Å²) in [5, 5.41) is 2.67. The number of hydrogen-bond acceptors (Lipinski definition) is 2. The number of nitrogens with zero attached hydrogens (tertiary/aromatic N) is 1. The number of halogens is 1. The zero-order valence-electron chi connectivity index (χ0n) is 10.4. The highest BCUT2D eigenvalue weighted by Crippen LogP contribution is 2.25. The van der Waals surface area contributed by atoms with Crippen molar-refractivity contribution in [1.82, 2.24) is 5.32 Å². The van der Waals surface area contributed by atoms with Gasteiger partial charge in [0.2, 0.25) is 11.8 Å². The first-order valence-corrected chi connectivity index (χ1v) is 6.06. The zero-order chi connectivity index (χ0) is 13.8. The number of amides is 2. The second kappa shape index (κ2) is 5.65. The van der Waals surface area contributed by atoms with Crippen molar-refractivity contribution in [1.29, 1.82) is 0 Å². The van der Waals surface area contributed by atoms with Crippen LogP contribution >= 0.6 is 0 Å². The van der Waals surface area contributed by atoms with E-state index in [-0.39, 0.29) is 24.8 Å². The van der Waals surface area contributed by atoms with Crippen molar-refractivity contribution in [3.63, 3.8) is 0 Å². The summed E-state index contributed by atoms with van der Waals surface area (Å²) in [5.74, 6) is -1.13. The standard InChI is InChI=1S/C14H15FN2O2/c1-2-6-16-14(19)10-7-13(18)17(9-10)12-5-3-4-11(15)8-12/h2-5,8,10H,1,6-7,9H2,(H,16,19). The van der Waals surface area contributed by atoms with Crippen LogP contribution < -0.4 is 10.2 Å². The fourth-order valence-corrected chi connectivity index (χ4v) is 2.09. The molecule has 0 spiro atoms. The van der Waals surface area contributed by atoms with Crippen molar-refractivity contribution >= 4 is 17.5 Å². The largest absolute Gasteiger partial charge is 0.352 e. The second-order valence-electron chi connectivity index (χ2n) is 4.42. The van der Waals surface area contributed by atoms with Crippen LogP contribution in [0.15, 0.2) is 36.9 Å². The van der Waals surface area contributed by atoms with Crippen LogP contribution in [-0.4, -0.2) is 24.9 Å². The lowest BCUT2D eigenvalue weighted by atomic mass is 10.1. The van der Waals surface area contributed by atoms with Crippen LogP contribution in [0.25, 0.3) is 0 Å². The van der Waals surface area contributed by atoms with Crippen molar-refractivity contribution in [3.05, 3.63) is 42.7 Å². The van der Waals surface area contributed by atoms with Gasteiger partial charge in [0.1, 0.15) is 5.82 Å². The van der Waals surface area contributed by atoms with Crippen LogP contribution in [0, 0.1) is 11.7 Å². The summed E-state index contributed by atoms with van der Waals surface area (Å²) in [5.41, 5.74) is 0.490. The molecule has 0 aromatic heterocycles. The molecule has 1 N–H and O–H groups in total. The second-order valence-corrected chi connectivity index (χ2v) is 4.42.